The molecule has 1 amide bonds. The first kappa shape index (κ1) is 19.3. The average molecular weight is 362 g/mol. The summed E-state index contributed by atoms with van der Waals surface area (Å²) in [5.74, 6) is -0.00694. The zero-order valence-electron chi connectivity index (χ0n) is 15.8. The SMILES string of the molecule is CN1CCN(CCC(=O)NC2CCCN(Cc3ccccc3F)C2)CC1. The number of nitrogens with one attached hydrogen (secondary N) is 1. The van der Waals surface area contributed by atoms with Gasteiger partial charge in [0.05, 0.1) is 0 Å². The van der Waals surface area contributed by atoms with Gasteiger partial charge in [-0.15, -0.1) is 0 Å². The van der Waals surface area contributed by atoms with Gasteiger partial charge in [0.2, 0.25) is 5.91 Å². The Morgan fingerprint density at radius 1 is 1.15 bits per heavy atom. The van der Waals surface area contributed by atoms with Crippen LogP contribution in [0.5, 0.6) is 0 Å². The van der Waals surface area contributed by atoms with Crippen LogP contribution in [0.15, 0.2) is 24.3 Å². The Hall–Kier alpha value is -1.50. The molecule has 144 valence electrons. The summed E-state index contributed by atoms with van der Waals surface area (Å²) >= 11 is 0. The Morgan fingerprint density at radius 2 is 1.92 bits per heavy atom. The smallest absolute Gasteiger partial charge is 0.221 e. The van der Waals surface area contributed by atoms with E-state index in [0.717, 1.165) is 64.2 Å². The summed E-state index contributed by atoms with van der Waals surface area (Å²) in [6.45, 7) is 7.46. The number of hydrogen-bond donors (Lipinski definition) is 1. The first-order valence-electron chi connectivity index (χ1n) is 9.76. The molecule has 0 bridgehead atoms. The van der Waals surface area contributed by atoms with Crippen molar-refractivity contribution < 1.29 is 9.18 Å². The van der Waals surface area contributed by atoms with E-state index in [4.69, 9.17) is 0 Å². The Morgan fingerprint density at radius 3 is 2.69 bits per heavy atom. The lowest BCUT2D eigenvalue weighted by molar-refractivity contribution is -0.122. The van der Waals surface area contributed by atoms with Crippen LogP contribution in [0.1, 0.15) is 24.8 Å². The maximum atomic E-state index is 13.8. The van der Waals surface area contributed by atoms with Gasteiger partial charge in [-0.1, -0.05) is 18.2 Å². The number of carbonyl (C=O) groups excluding carboxylic acids is 1. The zero-order chi connectivity index (χ0) is 18.4. The normalized spacial score (nSPS) is 23.1. The van der Waals surface area contributed by atoms with Crippen LogP contribution in [0.4, 0.5) is 4.39 Å². The van der Waals surface area contributed by atoms with Crippen molar-refractivity contribution in [2.24, 2.45) is 0 Å². The lowest BCUT2D eigenvalue weighted by Gasteiger charge is -2.34. The molecule has 1 atom stereocenters. The van der Waals surface area contributed by atoms with Crippen LogP contribution in [0.2, 0.25) is 0 Å². The Balaban J connectivity index is 1.40. The molecule has 0 aromatic heterocycles. The number of nitrogens with zero attached hydrogens (tertiary/aromatic N) is 3. The number of piperazine rings is 1. The number of carbonyl (C=O) groups is 1. The second-order valence-corrected chi connectivity index (χ2v) is 7.63. The summed E-state index contributed by atoms with van der Waals surface area (Å²) in [6.07, 6.45) is 2.61. The van der Waals surface area contributed by atoms with Gasteiger partial charge in [-0.3, -0.25) is 9.69 Å². The molecule has 6 heteroatoms. The summed E-state index contributed by atoms with van der Waals surface area (Å²) in [7, 11) is 2.14. The minimum absolute atomic E-state index is 0.140. The molecule has 1 N–H and O–H groups in total. The van der Waals surface area contributed by atoms with Crippen LogP contribution in [0.3, 0.4) is 0 Å². The molecule has 1 unspecified atom stereocenters. The Labute approximate surface area is 156 Å². The molecule has 1 aromatic carbocycles. The lowest BCUT2D eigenvalue weighted by atomic mass is 10.0. The molecule has 0 saturated carbocycles. The van der Waals surface area contributed by atoms with E-state index in [-0.39, 0.29) is 17.8 Å². The van der Waals surface area contributed by atoms with Crippen molar-refractivity contribution in [2.45, 2.75) is 31.8 Å². The van der Waals surface area contributed by atoms with Crippen molar-refractivity contribution >= 4 is 5.91 Å². The largest absolute Gasteiger partial charge is 0.352 e. The van der Waals surface area contributed by atoms with Gasteiger partial charge in [0.15, 0.2) is 0 Å². The number of likely N-dealkylation sites (N-methyl/N-ethyl adjacent to an activating group) is 1. The molecule has 2 aliphatic heterocycles. The average Bonchev–Trinajstić information content (AvgIpc) is 2.63. The number of amides is 1. The van der Waals surface area contributed by atoms with Gasteiger partial charge in [-0.2, -0.15) is 0 Å². The predicted molar refractivity (Wildman–Crippen MR) is 101 cm³/mol. The van der Waals surface area contributed by atoms with Gasteiger partial charge in [-0.05, 0) is 32.5 Å². The first-order valence-corrected chi connectivity index (χ1v) is 9.76. The summed E-state index contributed by atoms with van der Waals surface area (Å²) in [5, 5.41) is 3.19. The molecule has 3 rings (SSSR count). The van der Waals surface area contributed by atoms with Crippen molar-refractivity contribution in [2.75, 3.05) is 52.9 Å². The third-order valence-electron chi connectivity index (χ3n) is 5.47. The maximum Gasteiger partial charge on any atom is 0.221 e. The first-order chi connectivity index (χ1) is 12.6. The highest BCUT2D eigenvalue weighted by atomic mass is 19.1. The van der Waals surface area contributed by atoms with Crippen molar-refractivity contribution in [3.05, 3.63) is 35.6 Å². The number of likely N-dealkylation sites (tertiary alicyclic amines) is 1. The predicted octanol–water partition coefficient (Wildman–Crippen LogP) is 1.54. The molecule has 0 aliphatic carbocycles. The molecule has 1 aromatic rings. The number of piperidine rings is 1. The highest BCUT2D eigenvalue weighted by molar-refractivity contribution is 5.76. The summed E-state index contributed by atoms with van der Waals surface area (Å²) in [5.41, 5.74) is 0.731. The van der Waals surface area contributed by atoms with E-state index in [1.54, 1.807) is 6.07 Å². The number of halogens is 1. The second kappa shape index (κ2) is 9.44. The highest BCUT2D eigenvalue weighted by Gasteiger charge is 2.22. The molecule has 2 heterocycles. The molecule has 5 nitrogen and oxygen atoms in total. The molecule has 26 heavy (non-hydrogen) atoms. The van der Waals surface area contributed by atoms with E-state index in [1.807, 2.05) is 12.1 Å². The molecule has 0 radical (unpaired) electrons. The summed E-state index contributed by atoms with van der Waals surface area (Å²) in [6, 6.07) is 7.12. The Bertz CT molecular complexity index is 589. The van der Waals surface area contributed by atoms with Gasteiger partial charge in [0.25, 0.3) is 0 Å². The van der Waals surface area contributed by atoms with Gasteiger partial charge in [0.1, 0.15) is 5.82 Å². The van der Waals surface area contributed by atoms with Crippen molar-refractivity contribution in [1.29, 1.82) is 0 Å². The van der Waals surface area contributed by atoms with Crippen LogP contribution < -0.4 is 5.32 Å². The van der Waals surface area contributed by atoms with E-state index in [2.05, 4.69) is 27.1 Å². The van der Waals surface area contributed by atoms with Crippen LogP contribution in [-0.4, -0.2) is 79.5 Å². The fourth-order valence-corrected chi connectivity index (χ4v) is 3.82. The van der Waals surface area contributed by atoms with Crippen molar-refractivity contribution in [3.63, 3.8) is 0 Å². The zero-order valence-corrected chi connectivity index (χ0v) is 15.8. The van der Waals surface area contributed by atoms with Crippen molar-refractivity contribution in [3.8, 4) is 0 Å². The van der Waals surface area contributed by atoms with E-state index in [9.17, 15) is 9.18 Å². The van der Waals surface area contributed by atoms with Crippen LogP contribution in [-0.2, 0) is 11.3 Å². The van der Waals surface area contributed by atoms with Gasteiger partial charge in [0, 0.05) is 63.8 Å². The third kappa shape index (κ3) is 5.76. The lowest BCUT2D eigenvalue weighted by Crippen LogP contribution is -2.49. The Kier molecular flexibility index (Phi) is 7.00. The standard InChI is InChI=1S/C20H31FN4O/c1-23-11-13-24(14-12-23)10-8-20(26)22-18-6-4-9-25(16-18)15-17-5-2-3-7-19(17)21/h2-3,5,7,18H,4,6,8-16H2,1H3,(H,22,26). The van der Waals surface area contributed by atoms with Crippen LogP contribution in [0, 0.1) is 5.82 Å². The van der Waals surface area contributed by atoms with Gasteiger partial charge in [-0.25, -0.2) is 4.39 Å². The fraction of sp³-hybridized carbons (Fsp3) is 0.650. The monoisotopic (exact) mass is 362 g/mol. The fourth-order valence-electron chi connectivity index (χ4n) is 3.82. The molecule has 2 fully saturated rings. The van der Waals surface area contributed by atoms with E-state index < -0.39 is 0 Å². The third-order valence-corrected chi connectivity index (χ3v) is 5.47. The topological polar surface area (TPSA) is 38.8 Å². The minimum Gasteiger partial charge on any atom is -0.352 e. The molecular weight excluding hydrogens is 331 g/mol. The highest BCUT2D eigenvalue weighted by Crippen LogP contribution is 2.16. The van der Waals surface area contributed by atoms with Crippen LogP contribution >= 0.6 is 0 Å². The number of benzene rings is 1. The van der Waals surface area contributed by atoms with E-state index in [1.165, 1.54) is 6.07 Å². The number of hydrogen-bond acceptors (Lipinski definition) is 4. The second-order valence-electron chi connectivity index (χ2n) is 7.63. The summed E-state index contributed by atoms with van der Waals surface area (Å²) in [4.78, 5) is 19.2. The van der Waals surface area contributed by atoms with Crippen molar-refractivity contribution in [1.82, 2.24) is 20.0 Å². The molecular formula is C20H31FN4O. The van der Waals surface area contributed by atoms with E-state index >= 15 is 0 Å². The molecule has 2 saturated heterocycles. The molecule has 0 spiro atoms. The molecule has 2 aliphatic rings. The maximum absolute atomic E-state index is 13.8. The quantitative estimate of drug-likeness (QED) is 0.833. The number of rotatable bonds is 6. The van der Waals surface area contributed by atoms with Gasteiger partial charge < -0.3 is 15.1 Å². The summed E-state index contributed by atoms with van der Waals surface area (Å²) < 4.78 is 13.8. The van der Waals surface area contributed by atoms with Gasteiger partial charge >= 0.3 is 0 Å². The minimum atomic E-state index is -0.147. The van der Waals surface area contributed by atoms with E-state index in [0.29, 0.717) is 13.0 Å². The van der Waals surface area contributed by atoms with Crippen LogP contribution in [0.25, 0.3) is 0 Å².